The summed E-state index contributed by atoms with van der Waals surface area (Å²) in [6.45, 7) is 0.261. The van der Waals surface area contributed by atoms with Crippen molar-refractivity contribution in [3.63, 3.8) is 0 Å². The van der Waals surface area contributed by atoms with Gasteiger partial charge in [-0.05, 0) is 42.9 Å². The summed E-state index contributed by atoms with van der Waals surface area (Å²) in [5.74, 6) is 1.88. The lowest BCUT2D eigenvalue weighted by molar-refractivity contribution is 0.0341. The molecule has 0 aromatic carbocycles. The van der Waals surface area contributed by atoms with Gasteiger partial charge in [-0.3, -0.25) is 0 Å². The predicted molar refractivity (Wildman–Crippen MR) is 53.6 cm³/mol. The van der Waals surface area contributed by atoms with Crippen molar-refractivity contribution in [3.8, 4) is 0 Å². The van der Waals surface area contributed by atoms with Gasteiger partial charge in [0.25, 0.3) is 0 Å². The predicted octanol–water partition coefficient (Wildman–Crippen LogP) is 1.33. The first-order chi connectivity index (χ1) is 6.78. The standard InChI is InChI=1S/C12H18O2/c13-6-5-12-4-3-10(14)11(12)8-1-2-9(12)7-8/h3-4,8-11,13-14H,1-2,5-7H2/t8-,9+,10+,11+,12-/m1/s1. The van der Waals surface area contributed by atoms with Crippen LogP contribution in [-0.4, -0.2) is 22.9 Å². The van der Waals surface area contributed by atoms with Gasteiger partial charge in [0, 0.05) is 12.5 Å². The number of hydrogen-bond acceptors (Lipinski definition) is 2. The zero-order chi connectivity index (χ0) is 9.76. The molecule has 0 aromatic heterocycles. The number of aliphatic hydroxyl groups is 2. The highest BCUT2D eigenvalue weighted by atomic mass is 16.3. The van der Waals surface area contributed by atoms with Crippen molar-refractivity contribution >= 4 is 0 Å². The fourth-order valence-electron chi connectivity index (χ4n) is 4.43. The van der Waals surface area contributed by atoms with Crippen LogP contribution in [0, 0.1) is 23.2 Å². The monoisotopic (exact) mass is 194 g/mol. The summed E-state index contributed by atoms with van der Waals surface area (Å²) >= 11 is 0. The SMILES string of the molecule is OCC[C@@]12C=C[C@H](O)[C@@H]1[C@@H]1CC[C@H]2C1. The minimum Gasteiger partial charge on any atom is -0.396 e. The van der Waals surface area contributed by atoms with E-state index in [1.165, 1.54) is 19.3 Å². The molecule has 78 valence electrons. The molecule has 2 N–H and O–H groups in total. The molecule has 3 aliphatic carbocycles. The summed E-state index contributed by atoms with van der Waals surface area (Å²) in [5, 5.41) is 19.1. The Morgan fingerprint density at radius 1 is 1.36 bits per heavy atom. The summed E-state index contributed by atoms with van der Waals surface area (Å²) in [5.41, 5.74) is 0.164. The summed E-state index contributed by atoms with van der Waals surface area (Å²) in [7, 11) is 0. The van der Waals surface area contributed by atoms with E-state index in [9.17, 15) is 5.11 Å². The Balaban J connectivity index is 1.97. The van der Waals surface area contributed by atoms with Gasteiger partial charge < -0.3 is 10.2 Å². The molecule has 3 aliphatic rings. The number of fused-ring (bicyclic) bond motifs is 5. The van der Waals surface area contributed by atoms with Crippen LogP contribution in [0.5, 0.6) is 0 Å². The number of rotatable bonds is 2. The van der Waals surface area contributed by atoms with E-state index in [1.54, 1.807) is 0 Å². The normalized spacial score (nSPS) is 54.1. The fraction of sp³-hybridized carbons (Fsp3) is 0.833. The third kappa shape index (κ3) is 0.887. The highest BCUT2D eigenvalue weighted by Crippen LogP contribution is 2.65. The Hall–Kier alpha value is -0.340. The Bertz CT molecular complexity index is 273. The Kier molecular flexibility index (Phi) is 1.80. The van der Waals surface area contributed by atoms with Crippen LogP contribution >= 0.6 is 0 Å². The van der Waals surface area contributed by atoms with Crippen molar-refractivity contribution in [1.29, 1.82) is 0 Å². The maximum atomic E-state index is 9.94. The zero-order valence-electron chi connectivity index (χ0n) is 8.39. The van der Waals surface area contributed by atoms with Gasteiger partial charge >= 0.3 is 0 Å². The molecule has 14 heavy (non-hydrogen) atoms. The smallest absolute Gasteiger partial charge is 0.0760 e. The largest absolute Gasteiger partial charge is 0.396 e. The molecule has 2 saturated carbocycles. The molecule has 2 heteroatoms. The van der Waals surface area contributed by atoms with Crippen molar-refractivity contribution < 1.29 is 10.2 Å². The van der Waals surface area contributed by atoms with Crippen molar-refractivity contribution in [2.75, 3.05) is 6.61 Å². The molecule has 0 aliphatic heterocycles. The minimum absolute atomic E-state index is 0.164. The number of allylic oxidation sites excluding steroid dienone is 1. The van der Waals surface area contributed by atoms with Crippen LogP contribution in [0.25, 0.3) is 0 Å². The van der Waals surface area contributed by atoms with Gasteiger partial charge in [0.2, 0.25) is 0 Å². The van der Waals surface area contributed by atoms with Crippen LogP contribution in [0.15, 0.2) is 12.2 Å². The molecule has 0 aromatic rings. The van der Waals surface area contributed by atoms with Crippen LogP contribution in [0.2, 0.25) is 0 Å². The zero-order valence-corrected chi connectivity index (χ0v) is 8.39. The molecule has 2 nitrogen and oxygen atoms in total. The van der Waals surface area contributed by atoms with Crippen LogP contribution in [0.3, 0.4) is 0 Å². The lowest BCUT2D eigenvalue weighted by Gasteiger charge is -2.39. The quantitative estimate of drug-likeness (QED) is 0.651. The van der Waals surface area contributed by atoms with E-state index in [0.29, 0.717) is 5.92 Å². The first kappa shape index (κ1) is 8.93. The molecule has 0 unspecified atom stereocenters. The van der Waals surface area contributed by atoms with Gasteiger partial charge in [-0.2, -0.15) is 0 Å². The Morgan fingerprint density at radius 2 is 2.21 bits per heavy atom. The second-order valence-electron chi connectivity index (χ2n) is 5.23. The molecule has 2 bridgehead atoms. The Labute approximate surface area is 84.6 Å². The van der Waals surface area contributed by atoms with E-state index in [0.717, 1.165) is 18.3 Å². The van der Waals surface area contributed by atoms with Crippen LogP contribution in [0.4, 0.5) is 0 Å². The summed E-state index contributed by atoms with van der Waals surface area (Å²) in [6.07, 6.45) is 8.67. The molecule has 0 radical (unpaired) electrons. The highest BCUT2D eigenvalue weighted by Gasteiger charge is 2.60. The molecule has 0 amide bonds. The first-order valence-corrected chi connectivity index (χ1v) is 5.76. The van der Waals surface area contributed by atoms with Gasteiger partial charge in [0.1, 0.15) is 0 Å². The second-order valence-corrected chi connectivity index (χ2v) is 5.23. The van der Waals surface area contributed by atoms with Gasteiger partial charge in [-0.15, -0.1) is 0 Å². The van der Waals surface area contributed by atoms with E-state index >= 15 is 0 Å². The van der Waals surface area contributed by atoms with E-state index in [2.05, 4.69) is 6.08 Å². The van der Waals surface area contributed by atoms with Crippen molar-refractivity contribution in [3.05, 3.63) is 12.2 Å². The lowest BCUT2D eigenvalue weighted by atomic mass is 9.66. The lowest BCUT2D eigenvalue weighted by Crippen LogP contribution is -2.37. The third-order valence-corrected chi connectivity index (χ3v) is 4.88. The molecule has 5 atom stereocenters. The average Bonchev–Trinajstić information content (AvgIpc) is 2.79. The maximum absolute atomic E-state index is 9.94. The summed E-state index contributed by atoms with van der Waals surface area (Å²) in [4.78, 5) is 0. The maximum Gasteiger partial charge on any atom is 0.0760 e. The van der Waals surface area contributed by atoms with Gasteiger partial charge in [-0.25, -0.2) is 0 Å². The summed E-state index contributed by atoms with van der Waals surface area (Å²) in [6, 6.07) is 0. The van der Waals surface area contributed by atoms with Crippen LogP contribution < -0.4 is 0 Å². The van der Waals surface area contributed by atoms with E-state index in [-0.39, 0.29) is 18.1 Å². The molecule has 0 spiro atoms. The fourth-order valence-corrected chi connectivity index (χ4v) is 4.43. The molecular weight excluding hydrogens is 176 g/mol. The van der Waals surface area contributed by atoms with E-state index in [4.69, 9.17) is 5.11 Å². The third-order valence-electron chi connectivity index (χ3n) is 4.88. The van der Waals surface area contributed by atoms with E-state index in [1.807, 2.05) is 6.08 Å². The van der Waals surface area contributed by atoms with Crippen LogP contribution in [-0.2, 0) is 0 Å². The number of aliphatic hydroxyl groups excluding tert-OH is 2. The summed E-state index contributed by atoms with van der Waals surface area (Å²) < 4.78 is 0. The molecule has 0 heterocycles. The Morgan fingerprint density at radius 3 is 3.00 bits per heavy atom. The van der Waals surface area contributed by atoms with Gasteiger partial charge in [-0.1, -0.05) is 12.2 Å². The minimum atomic E-state index is -0.239. The van der Waals surface area contributed by atoms with Crippen molar-refractivity contribution in [2.24, 2.45) is 23.2 Å². The molecule has 2 fully saturated rings. The van der Waals surface area contributed by atoms with Crippen molar-refractivity contribution in [2.45, 2.75) is 31.8 Å². The first-order valence-electron chi connectivity index (χ1n) is 5.76. The molecular formula is C12H18O2. The number of hydrogen-bond donors (Lipinski definition) is 2. The second kappa shape index (κ2) is 2.83. The average molecular weight is 194 g/mol. The van der Waals surface area contributed by atoms with Crippen LogP contribution in [0.1, 0.15) is 25.7 Å². The van der Waals surface area contributed by atoms with Crippen molar-refractivity contribution in [1.82, 2.24) is 0 Å². The highest BCUT2D eigenvalue weighted by molar-refractivity contribution is 5.24. The topological polar surface area (TPSA) is 40.5 Å². The molecule has 3 rings (SSSR count). The van der Waals surface area contributed by atoms with E-state index < -0.39 is 0 Å². The van der Waals surface area contributed by atoms with Gasteiger partial charge in [0.15, 0.2) is 0 Å². The molecule has 0 saturated heterocycles. The van der Waals surface area contributed by atoms with Gasteiger partial charge in [0.05, 0.1) is 6.10 Å².